The van der Waals surface area contributed by atoms with Crippen LogP contribution in [0.2, 0.25) is 0 Å². The highest BCUT2D eigenvalue weighted by Gasteiger charge is 2.33. The van der Waals surface area contributed by atoms with Crippen LogP contribution in [0.5, 0.6) is 5.75 Å². The first-order valence-corrected chi connectivity index (χ1v) is 10.8. The summed E-state index contributed by atoms with van der Waals surface area (Å²) in [5.41, 5.74) is 1.35. The van der Waals surface area contributed by atoms with E-state index in [0.29, 0.717) is 23.6 Å². The van der Waals surface area contributed by atoms with Crippen LogP contribution < -0.4 is 10.1 Å². The minimum Gasteiger partial charge on any atom is -0.486 e. The molecule has 0 bridgehead atoms. The van der Waals surface area contributed by atoms with Crippen molar-refractivity contribution in [3.05, 3.63) is 42.5 Å². The Morgan fingerprint density at radius 1 is 1.34 bits per heavy atom. The van der Waals surface area contributed by atoms with Gasteiger partial charge >= 0.3 is 0 Å². The van der Waals surface area contributed by atoms with Crippen molar-refractivity contribution >= 4 is 17.5 Å². The van der Waals surface area contributed by atoms with Crippen molar-refractivity contribution in [2.75, 3.05) is 31.6 Å². The first kappa shape index (κ1) is 24.0. The molecular formula is C22H23FN8O4. The lowest BCUT2D eigenvalue weighted by Crippen LogP contribution is -2.50. The molecule has 182 valence electrons. The average molecular weight is 482 g/mol. The van der Waals surface area contributed by atoms with Crippen LogP contribution in [0.4, 0.5) is 16.0 Å². The van der Waals surface area contributed by atoms with E-state index >= 15 is 0 Å². The normalized spacial score (nSPS) is 17.6. The van der Waals surface area contributed by atoms with Gasteiger partial charge in [-0.1, -0.05) is 0 Å². The summed E-state index contributed by atoms with van der Waals surface area (Å²) in [6.45, 7) is -0.265. The number of rotatable bonds is 8. The Morgan fingerprint density at radius 2 is 2.20 bits per heavy atom. The molecule has 1 aromatic carbocycles. The Bertz CT molecular complexity index is 1230. The minimum atomic E-state index is -1.45. The molecule has 4 rings (SSSR count). The number of ether oxygens (including phenoxy) is 1. The molecule has 35 heavy (non-hydrogen) atoms. The van der Waals surface area contributed by atoms with Crippen molar-refractivity contribution < 1.29 is 24.1 Å². The average Bonchev–Trinajstić information content (AvgIpc) is 3.32. The summed E-state index contributed by atoms with van der Waals surface area (Å²) in [5.74, 6) is 0.266. The highest BCUT2D eigenvalue weighted by Crippen LogP contribution is 2.28. The molecule has 1 aliphatic heterocycles. The van der Waals surface area contributed by atoms with Gasteiger partial charge in [0.05, 0.1) is 37.1 Å². The third kappa shape index (κ3) is 5.68. The van der Waals surface area contributed by atoms with E-state index in [0.717, 1.165) is 0 Å². The van der Waals surface area contributed by atoms with E-state index in [9.17, 15) is 14.4 Å². The molecule has 0 saturated carbocycles. The van der Waals surface area contributed by atoms with Gasteiger partial charge in [0.1, 0.15) is 30.9 Å². The molecule has 0 radical (unpaired) electrons. The number of aromatic nitrogens is 5. The van der Waals surface area contributed by atoms with Crippen LogP contribution in [0.1, 0.15) is 12.0 Å². The zero-order valence-corrected chi connectivity index (χ0v) is 18.6. The lowest BCUT2D eigenvalue weighted by atomic mass is 10.0. The molecule has 13 heteroatoms. The smallest absolute Gasteiger partial charge is 0.248 e. The van der Waals surface area contributed by atoms with Gasteiger partial charge in [-0.25, -0.2) is 14.4 Å². The van der Waals surface area contributed by atoms with Gasteiger partial charge in [-0.05, 0) is 18.2 Å². The zero-order chi connectivity index (χ0) is 24.8. The van der Waals surface area contributed by atoms with E-state index in [1.165, 1.54) is 11.2 Å². The second-order valence-corrected chi connectivity index (χ2v) is 7.75. The fourth-order valence-electron chi connectivity index (χ4n) is 3.64. The number of nitriles is 1. The van der Waals surface area contributed by atoms with Gasteiger partial charge in [-0.15, -0.1) is 0 Å². The minimum absolute atomic E-state index is 0.0352. The Balaban J connectivity index is 1.47. The van der Waals surface area contributed by atoms with Gasteiger partial charge < -0.3 is 25.2 Å². The molecule has 2 atom stereocenters. The van der Waals surface area contributed by atoms with Gasteiger partial charge in [0, 0.05) is 24.7 Å². The number of piperidine rings is 1. The molecule has 1 fully saturated rings. The highest BCUT2D eigenvalue weighted by atomic mass is 19.1. The Morgan fingerprint density at radius 3 is 2.94 bits per heavy atom. The third-order valence-corrected chi connectivity index (χ3v) is 5.40. The van der Waals surface area contributed by atoms with Gasteiger partial charge in [-0.3, -0.25) is 9.48 Å². The van der Waals surface area contributed by atoms with Gasteiger partial charge in [0.2, 0.25) is 11.9 Å². The van der Waals surface area contributed by atoms with Crippen LogP contribution in [0, 0.1) is 11.3 Å². The molecule has 3 heterocycles. The van der Waals surface area contributed by atoms with E-state index in [1.807, 2.05) is 0 Å². The molecule has 3 N–H and O–H groups in total. The number of carbonyl (C=O) groups is 1. The fourth-order valence-corrected chi connectivity index (χ4v) is 3.64. The summed E-state index contributed by atoms with van der Waals surface area (Å²) in [6.07, 6.45) is 2.55. The summed E-state index contributed by atoms with van der Waals surface area (Å²) in [5, 5.41) is 34.7. The number of aliphatic hydroxyl groups is 2. The highest BCUT2D eigenvalue weighted by molar-refractivity contribution is 5.77. The molecule has 12 nitrogen and oxygen atoms in total. The molecule has 0 spiro atoms. The van der Waals surface area contributed by atoms with Crippen LogP contribution in [0.25, 0.3) is 11.4 Å². The molecule has 2 unspecified atom stereocenters. The number of hydrogen-bond donors (Lipinski definition) is 3. The summed E-state index contributed by atoms with van der Waals surface area (Å²) >= 11 is 0. The standard InChI is InChI=1S/C22H23FN8O4/c23-17-11-30(20(34)12-33)4-3-19(17)35-18-2-1-14(7-15(18)8-24)21-25-13-26-22(29-21)28-16-9-27-31(10-16)5-6-32/h1-2,7,9-10,13,17,19,32-33H,3-6,11-12H2,(H,25,26,28,29). The molecular weight excluding hydrogens is 459 g/mol. The first-order valence-electron chi connectivity index (χ1n) is 10.8. The molecule has 1 aliphatic rings. The number of anilines is 2. The topological polar surface area (TPSA) is 162 Å². The summed E-state index contributed by atoms with van der Waals surface area (Å²) < 4.78 is 21.9. The second-order valence-electron chi connectivity index (χ2n) is 7.75. The van der Waals surface area contributed by atoms with Crippen molar-refractivity contribution in [2.45, 2.75) is 25.2 Å². The van der Waals surface area contributed by atoms with E-state index in [4.69, 9.17) is 14.9 Å². The number of benzene rings is 1. The van der Waals surface area contributed by atoms with Crippen molar-refractivity contribution in [3.63, 3.8) is 0 Å². The van der Waals surface area contributed by atoms with Crippen LogP contribution in [0.15, 0.2) is 36.9 Å². The number of alkyl halides is 1. The number of nitrogens with zero attached hydrogens (tertiary/aromatic N) is 7. The Hall–Kier alpha value is -4.15. The number of likely N-dealkylation sites (tertiary alicyclic amines) is 1. The monoisotopic (exact) mass is 482 g/mol. The maximum absolute atomic E-state index is 14.6. The summed E-state index contributed by atoms with van der Waals surface area (Å²) in [4.78, 5) is 25.5. The predicted molar refractivity (Wildman–Crippen MR) is 120 cm³/mol. The molecule has 3 aromatic rings. The number of hydrogen-bond acceptors (Lipinski definition) is 10. The van der Waals surface area contributed by atoms with Crippen molar-refractivity contribution in [1.29, 1.82) is 5.26 Å². The van der Waals surface area contributed by atoms with Crippen LogP contribution in [-0.2, 0) is 11.3 Å². The van der Waals surface area contributed by atoms with E-state index in [1.54, 1.807) is 35.3 Å². The molecule has 1 saturated heterocycles. The number of nitrogens with one attached hydrogen (secondary N) is 1. The van der Waals surface area contributed by atoms with Crippen LogP contribution in [0.3, 0.4) is 0 Å². The van der Waals surface area contributed by atoms with Crippen LogP contribution in [-0.4, -0.2) is 84.3 Å². The first-order chi connectivity index (χ1) is 17.0. The number of halogens is 1. The number of amides is 1. The van der Waals surface area contributed by atoms with Gasteiger partial charge in [0.15, 0.2) is 12.0 Å². The maximum atomic E-state index is 14.6. The Kier molecular flexibility index (Phi) is 7.44. The molecule has 1 amide bonds. The quantitative estimate of drug-likeness (QED) is 0.415. The summed E-state index contributed by atoms with van der Waals surface area (Å²) in [7, 11) is 0. The largest absolute Gasteiger partial charge is 0.486 e. The van der Waals surface area contributed by atoms with Crippen LogP contribution >= 0.6 is 0 Å². The van der Waals surface area contributed by atoms with Gasteiger partial charge in [0.25, 0.3) is 0 Å². The van der Waals surface area contributed by atoms with E-state index < -0.39 is 24.8 Å². The van der Waals surface area contributed by atoms with Crippen molar-refractivity contribution in [2.24, 2.45) is 0 Å². The Labute approximate surface area is 199 Å². The van der Waals surface area contributed by atoms with Crippen molar-refractivity contribution in [3.8, 4) is 23.2 Å². The van der Waals surface area contributed by atoms with Gasteiger partial charge in [-0.2, -0.15) is 15.3 Å². The zero-order valence-electron chi connectivity index (χ0n) is 18.6. The van der Waals surface area contributed by atoms with Crippen molar-refractivity contribution in [1.82, 2.24) is 29.6 Å². The number of aliphatic hydroxyl groups excluding tert-OH is 2. The SMILES string of the molecule is N#Cc1cc(-c2ncnc(Nc3cnn(CCO)c3)n2)ccc1OC1CCN(C(=O)CO)CC1F. The number of carbonyl (C=O) groups excluding carboxylic acids is 1. The molecule has 0 aliphatic carbocycles. The molecule has 2 aromatic heterocycles. The maximum Gasteiger partial charge on any atom is 0.248 e. The second kappa shape index (κ2) is 10.9. The summed E-state index contributed by atoms with van der Waals surface area (Å²) in [6, 6.07) is 6.82. The fraction of sp³-hybridized carbons (Fsp3) is 0.364. The predicted octanol–water partition coefficient (Wildman–Crippen LogP) is 0.653. The lowest BCUT2D eigenvalue weighted by Gasteiger charge is -2.34. The lowest BCUT2D eigenvalue weighted by molar-refractivity contribution is -0.138. The third-order valence-electron chi connectivity index (χ3n) is 5.40. The van der Waals surface area contributed by atoms with E-state index in [-0.39, 0.29) is 43.4 Å². The van der Waals surface area contributed by atoms with E-state index in [2.05, 4.69) is 31.4 Å².